The largest absolute Gasteiger partial charge is 0.363 e. The number of benzene rings is 2. The Hall–Kier alpha value is -3.85. The van der Waals surface area contributed by atoms with Crippen molar-refractivity contribution in [2.45, 2.75) is 30.6 Å². The van der Waals surface area contributed by atoms with E-state index in [1.54, 1.807) is 12.1 Å². The fourth-order valence-corrected chi connectivity index (χ4v) is 7.56. The number of sulfonamides is 1. The van der Waals surface area contributed by atoms with Crippen LogP contribution >= 0.6 is 11.3 Å². The van der Waals surface area contributed by atoms with E-state index in [9.17, 15) is 22.0 Å². The number of hydrogen-bond donors (Lipinski definition) is 2. The van der Waals surface area contributed by atoms with Crippen molar-refractivity contribution in [3.8, 4) is 21.7 Å². The van der Waals surface area contributed by atoms with E-state index in [1.165, 1.54) is 49.8 Å². The van der Waals surface area contributed by atoms with Gasteiger partial charge in [0.25, 0.3) is 10.0 Å². The van der Waals surface area contributed by atoms with E-state index < -0.39 is 44.8 Å². The number of ether oxygens (including phenoxy) is 1. The minimum Gasteiger partial charge on any atom is -0.363 e. The second kappa shape index (κ2) is 12.8. The molecule has 0 bridgehead atoms. The van der Waals surface area contributed by atoms with E-state index >= 15 is 4.39 Å². The predicted molar refractivity (Wildman–Crippen MR) is 158 cm³/mol. The van der Waals surface area contributed by atoms with Gasteiger partial charge in [-0.05, 0) is 74.0 Å². The Balaban J connectivity index is 1.66. The van der Waals surface area contributed by atoms with E-state index in [4.69, 9.17) is 9.72 Å². The highest BCUT2D eigenvalue weighted by molar-refractivity contribution is 7.92. The summed E-state index contributed by atoms with van der Waals surface area (Å²) in [6.45, 7) is 2.30. The zero-order valence-corrected chi connectivity index (χ0v) is 24.9. The molecular formula is C29H28F3N5O4S2. The lowest BCUT2D eigenvalue weighted by Gasteiger charge is -2.25. The normalized spacial score (nSPS) is 14.1. The van der Waals surface area contributed by atoms with Crippen LogP contribution in [0.15, 0.2) is 59.6 Å². The maximum absolute atomic E-state index is 16.5. The molecule has 2 N–H and O–H groups in total. The number of rotatable bonds is 9. The van der Waals surface area contributed by atoms with Crippen molar-refractivity contribution < 1.29 is 31.1 Å². The number of hydrogen-bond acceptors (Lipinski definition) is 8. The van der Waals surface area contributed by atoms with Crippen LogP contribution in [0.2, 0.25) is 0 Å². The summed E-state index contributed by atoms with van der Waals surface area (Å²) < 4.78 is 77.8. The third-order valence-corrected chi connectivity index (χ3v) is 9.89. The SMILES string of the molecule is COCN(c1cccc(-c2nc(C3CCNCC3)sc2-c2ccnc(NC(C)=O)c2)c1F)S(=O)(=O)c1cc(F)ccc1F. The molecule has 1 aliphatic rings. The molecule has 9 nitrogen and oxygen atoms in total. The first-order valence-electron chi connectivity index (χ1n) is 13.3. The van der Waals surface area contributed by atoms with E-state index in [2.05, 4.69) is 15.6 Å². The molecule has 14 heteroatoms. The first kappa shape index (κ1) is 30.6. The van der Waals surface area contributed by atoms with Crippen LogP contribution in [0.5, 0.6) is 0 Å². The Morgan fingerprint density at radius 3 is 2.63 bits per heavy atom. The molecule has 1 aliphatic heterocycles. The van der Waals surface area contributed by atoms with Gasteiger partial charge in [0.2, 0.25) is 5.91 Å². The molecule has 0 radical (unpaired) electrons. The molecule has 0 saturated carbocycles. The van der Waals surface area contributed by atoms with Gasteiger partial charge in [-0.1, -0.05) is 6.07 Å². The fourth-order valence-electron chi connectivity index (χ4n) is 4.85. The van der Waals surface area contributed by atoms with Crippen LogP contribution in [-0.4, -0.2) is 51.2 Å². The van der Waals surface area contributed by atoms with Gasteiger partial charge in [-0.3, -0.25) is 4.79 Å². The molecule has 3 heterocycles. The number of piperidine rings is 1. The van der Waals surface area contributed by atoms with Crippen molar-refractivity contribution in [3.63, 3.8) is 0 Å². The Kier molecular flexibility index (Phi) is 9.11. The molecule has 43 heavy (non-hydrogen) atoms. The van der Waals surface area contributed by atoms with Crippen LogP contribution in [0, 0.1) is 17.5 Å². The number of methoxy groups -OCH3 is 1. The summed E-state index contributed by atoms with van der Waals surface area (Å²) in [6.07, 6.45) is 3.18. The third-order valence-electron chi connectivity index (χ3n) is 6.87. The summed E-state index contributed by atoms with van der Waals surface area (Å²) in [5, 5.41) is 6.75. The molecule has 1 fully saturated rings. The number of nitrogens with zero attached hydrogens (tertiary/aromatic N) is 3. The Morgan fingerprint density at radius 2 is 1.91 bits per heavy atom. The summed E-state index contributed by atoms with van der Waals surface area (Å²) >= 11 is 1.39. The molecule has 5 rings (SSSR count). The van der Waals surface area contributed by atoms with Crippen LogP contribution in [0.1, 0.15) is 30.7 Å². The van der Waals surface area contributed by atoms with E-state index in [0.717, 1.165) is 37.0 Å². The van der Waals surface area contributed by atoms with Crippen molar-refractivity contribution in [1.82, 2.24) is 15.3 Å². The minimum atomic E-state index is -4.80. The molecule has 0 aliphatic carbocycles. The van der Waals surface area contributed by atoms with Gasteiger partial charge in [-0.25, -0.2) is 35.9 Å². The standard InChI is InChI=1S/C29H28F3N5O4S2/c1-17(38)35-25-14-19(10-13-34-25)28-27(36-29(42-28)18-8-11-33-12-9-18)21-4-3-5-23(26(21)32)37(16-41-2)43(39,40)24-15-20(30)6-7-22(24)31/h3-7,10,13-15,18,33H,8-9,11-12,16H2,1-2H3,(H,34,35,38). The number of anilines is 2. The fraction of sp³-hybridized carbons (Fsp3) is 0.276. The number of thiazole rings is 1. The lowest BCUT2D eigenvalue weighted by Crippen LogP contribution is -2.34. The summed E-state index contributed by atoms with van der Waals surface area (Å²) in [4.78, 5) is 20.3. The Labute approximate surface area is 250 Å². The van der Waals surface area contributed by atoms with Crippen molar-refractivity contribution in [1.29, 1.82) is 0 Å². The van der Waals surface area contributed by atoms with Crippen LogP contribution in [0.25, 0.3) is 21.7 Å². The maximum atomic E-state index is 16.5. The monoisotopic (exact) mass is 631 g/mol. The highest BCUT2D eigenvalue weighted by Crippen LogP contribution is 2.43. The lowest BCUT2D eigenvalue weighted by atomic mass is 9.99. The highest BCUT2D eigenvalue weighted by atomic mass is 32.2. The Morgan fingerprint density at radius 1 is 1.14 bits per heavy atom. The number of pyridine rings is 1. The van der Waals surface area contributed by atoms with Gasteiger partial charge in [0.1, 0.15) is 29.1 Å². The number of amides is 1. The zero-order chi connectivity index (χ0) is 30.7. The van der Waals surface area contributed by atoms with E-state index in [-0.39, 0.29) is 23.1 Å². The smallest absolute Gasteiger partial charge is 0.269 e. The van der Waals surface area contributed by atoms with Gasteiger partial charge in [0, 0.05) is 31.7 Å². The van der Waals surface area contributed by atoms with E-state index in [0.29, 0.717) is 32.7 Å². The average molecular weight is 632 g/mol. The molecule has 1 saturated heterocycles. The molecule has 0 spiro atoms. The molecule has 0 unspecified atom stereocenters. The van der Waals surface area contributed by atoms with Crippen LogP contribution in [0.3, 0.4) is 0 Å². The zero-order valence-electron chi connectivity index (χ0n) is 23.2. The topological polar surface area (TPSA) is 114 Å². The minimum absolute atomic E-state index is 0.00200. The van der Waals surface area contributed by atoms with Crippen molar-refractivity contribution >= 4 is 38.8 Å². The van der Waals surface area contributed by atoms with Crippen molar-refractivity contribution in [2.75, 3.05) is 36.6 Å². The quantitative estimate of drug-likeness (QED) is 0.234. The number of carbonyl (C=O) groups is 1. The molecule has 226 valence electrons. The van der Waals surface area contributed by atoms with Crippen LogP contribution in [0.4, 0.5) is 24.7 Å². The van der Waals surface area contributed by atoms with Gasteiger partial charge >= 0.3 is 0 Å². The predicted octanol–water partition coefficient (Wildman–Crippen LogP) is 5.51. The second-order valence-electron chi connectivity index (χ2n) is 9.85. The summed E-state index contributed by atoms with van der Waals surface area (Å²) in [5.41, 5.74) is 0.459. The summed E-state index contributed by atoms with van der Waals surface area (Å²) in [5.74, 6) is -2.99. The molecule has 0 atom stereocenters. The number of nitrogens with one attached hydrogen (secondary N) is 2. The van der Waals surface area contributed by atoms with Crippen molar-refractivity contribution in [2.24, 2.45) is 0 Å². The number of aromatic nitrogens is 2. The molecular weight excluding hydrogens is 603 g/mol. The van der Waals surface area contributed by atoms with Gasteiger partial charge in [-0.2, -0.15) is 0 Å². The molecule has 1 amide bonds. The second-order valence-corrected chi connectivity index (χ2v) is 12.7. The van der Waals surface area contributed by atoms with E-state index in [1.807, 2.05) is 0 Å². The number of carbonyl (C=O) groups excluding carboxylic acids is 1. The molecule has 2 aromatic heterocycles. The highest BCUT2D eigenvalue weighted by Gasteiger charge is 2.32. The van der Waals surface area contributed by atoms with Gasteiger partial charge < -0.3 is 15.4 Å². The van der Waals surface area contributed by atoms with Gasteiger partial charge in [0.15, 0.2) is 5.82 Å². The first-order chi connectivity index (χ1) is 20.6. The first-order valence-corrected chi connectivity index (χ1v) is 15.6. The maximum Gasteiger partial charge on any atom is 0.269 e. The Bertz CT molecular complexity index is 1760. The third kappa shape index (κ3) is 6.42. The van der Waals surface area contributed by atoms with Crippen LogP contribution in [-0.2, 0) is 19.6 Å². The molecule has 2 aromatic carbocycles. The number of halogens is 3. The van der Waals surface area contributed by atoms with Crippen LogP contribution < -0.4 is 14.9 Å². The summed E-state index contributed by atoms with van der Waals surface area (Å²) in [6, 6.07) is 9.52. The van der Waals surface area contributed by atoms with Gasteiger partial charge in [-0.15, -0.1) is 11.3 Å². The average Bonchev–Trinajstić information content (AvgIpc) is 3.43. The summed E-state index contributed by atoms with van der Waals surface area (Å²) in [7, 11) is -3.60. The molecule has 4 aromatic rings. The van der Waals surface area contributed by atoms with Crippen molar-refractivity contribution in [3.05, 3.63) is 77.2 Å². The lowest BCUT2D eigenvalue weighted by molar-refractivity contribution is -0.114. The van der Waals surface area contributed by atoms with Gasteiger partial charge in [0.05, 0.1) is 21.3 Å².